The predicted octanol–water partition coefficient (Wildman–Crippen LogP) is 3.87. The number of piperidine rings is 1. The van der Waals surface area contributed by atoms with Gasteiger partial charge in [-0.05, 0) is 47.0 Å². The minimum Gasteiger partial charge on any atom is -0.356 e. The summed E-state index contributed by atoms with van der Waals surface area (Å²) in [6, 6.07) is 14.5. The van der Waals surface area contributed by atoms with Gasteiger partial charge in [-0.2, -0.15) is 0 Å². The molecule has 0 aliphatic carbocycles. The summed E-state index contributed by atoms with van der Waals surface area (Å²) >= 11 is 3.55. The Bertz CT molecular complexity index is 831. The summed E-state index contributed by atoms with van der Waals surface area (Å²) < 4.78 is 0.835. The van der Waals surface area contributed by atoms with Crippen molar-refractivity contribution >= 4 is 38.6 Å². The molecule has 122 valence electrons. The van der Waals surface area contributed by atoms with Crippen molar-refractivity contribution in [3.63, 3.8) is 0 Å². The molecule has 0 amide bonds. The van der Waals surface area contributed by atoms with Crippen LogP contribution in [0.15, 0.2) is 53.3 Å². The Hall–Kier alpha value is -2.21. The van der Waals surface area contributed by atoms with Crippen molar-refractivity contribution in [2.45, 2.75) is 18.9 Å². The summed E-state index contributed by atoms with van der Waals surface area (Å²) in [5.74, 6) is 1.75. The van der Waals surface area contributed by atoms with E-state index in [1.807, 2.05) is 42.6 Å². The highest BCUT2D eigenvalue weighted by Gasteiger charge is 2.20. The highest BCUT2D eigenvalue weighted by atomic mass is 79.9. The number of fused-ring (bicyclic) bond motifs is 1. The molecule has 0 radical (unpaired) electrons. The second-order valence-corrected chi connectivity index (χ2v) is 6.70. The van der Waals surface area contributed by atoms with Crippen molar-refractivity contribution in [3.8, 4) is 0 Å². The van der Waals surface area contributed by atoms with Gasteiger partial charge in [-0.25, -0.2) is 15.0 Å². The maximum atomic E-state index is 4.63. The minimum atomic E-state index is 0.387. The monoisotopic (exact) mass is 383 g/mol. The molecule has 6 heteroatoms. The van der Waals surface area contributed by atoms with Gasteiger partial charge in [0.15, 0.2) is 0 Å². The summed E-state index contributed by atoms with van der Waals surface area (Å²) in [5.41, 5.74) is 0.952. The van der Waals surface area contributed by atoms with Gasteiger partial charge in [0, 0.05) is 30.7 Å². The quantitative estimate of drug-likeness (QED) is 0.695. The normalized spacial score (nSPS) is 15.6. The molecule has 5 nitrogen and oxygen atoms in total. The lowest BCUT2D eigenvalue weighted by atomic mass is 10.1. The molecule has 4 rings (SSSR count). The first kappa shape index (κ1) is 15.3. The summed E-state index contributed by atoms with van der Waals surface area (Å²) in [6.07, 6.45) is 3.94. The summed E-state index contributed by atoms with van der Waals surface area (Å²) in [4.78, 5) is 15.9. The number of nitrogens with one attached hydrogen (secondary N) is 1. The van der Waals surface area contributed by atoms with Gasteiger partial charge >= 0.3 is 0 Å². The number of nitrogens with zero attached hydrogens (tertiary/aromatic N) is 4. The van der Waals surface area contributed by atoms with Crippen LogP contribution >= 0.6 is 15.9 Å². The van der Waals surface area contributed by atoms with Gasteiger partial charge in [0.25, 0.3) is 0 Å². The van der Waals surface area contributed by atoms with Gasteiger partial charge in [0.2, 0.25) is 5.95 Å². The second kappa shape index (κ2) is 6.73. The molecule has 0 saturated carbocycles. The van der Waals surface area contributed by atoms with Crippen LogP contribution < -0.4 is 10.2 Å². The van der Waals surface area contributed by atoms with Gasteiger partial charge in [-0.1, -0.05) is 24.3 Å². The molecule has 0 spiro atoms. The van der Waals surface area contributed by atoms with E-state index in [4.69, 9.17) is 0 Å². The number of hydrogen-bond acceptors (Lipinski definition) is 5. The van der Waals surface area contributed by atoms with Crippen molar-refractivity contribution in [2.24, 2.45) is 0 Å². The number of anilines is 2. The Morgan fingerprint density at radius 2 is 1.79 bits per heavy atom. The van der Waals surface area contributed by atoms with Gasteiger partial charge in [0.05, 0.1) is 5.52 Å². The van der Waals surface area contributed by atoms with Crippen LogP contribution in [0.5, 0.6) is 0 Å². The van der Waals surface area contributed by atoms with Crippen LogP contribution in [0.1, 0.15) is 12.8 Å². The van der Waals surface area contributed by atoms with Gasteiger partial charge in [0.1, 0.15) is 10.4 Å². The minimum absolute atomic E-state index is 0.387. The molecule has 24 heavy (non-hydrogen) atoms. The summed E-state index contributed by atoms with van der Waals surface area (Å²) in [6.45, 7) is 1.98. The van der Waals surface area contributed by atoms with Crippen molar-refractivity contribution in [3.05, 3.63) is 53.3 Å². The Labute approximate surface area is 149 Å². The average molecular weight is 384 g/mol. The van der Waals surface area contributed by atoms with Crippen molar-refractivity contribution in [2.75, 3.05) is 23.3 Å². The topological polar surface area (TPSA) is 53.9 Å². The van der Waals surface area contributed by atoms with Crippen LogP contribution in [-0.4, -0.2) is 34.1 Å². The van der Waals surface area contributed by atoms with Gasteiger partial charge in [-0.3, -0.25) is 0 Å². The number of para-hydroxylation sites is 1. The molecular weight excluding hydrogens is 366 g/mol. The van der Waals surface area contributed by atoms with E-state index in [1.54, 1.807) is 0 Å². The van der Waals surface area contributed by atoms with E-state index in [2.05, 4.69) is 47.2 Å². The molecule has 1 N–H and O–H groups in total. The van der Waals surface area contributed by atoms with Crippen LogP contribution in [-0.2, 0) is 0 Å². The fourth-order valence-electron chi connectivity index (χ4n) is 3.08. The zero-order chi connectivity index (χ0) is 16.4. The third-order valence-electron chi connectivity index (χ3n) is 4.36. The maximum Gasteiger partial charge on any atom is 0.224 e. The maximum absolute atomic E-state index is 4.63. The molecule has 0 unspecified atom stereocenters. The molecule has 0 atom stereocenters. The zero-order valence-electron chi connectivity index (χ0n) is 13.2. The first-order valence-corrected chi connectivity index (χ1v) is 8.94. The van der Waals surface area contributed by atoms with E-state index in [1.165, 1.54) is 0 Å². The fourth-order valence-corrected chi connectivity index (χ4v) is 3.58. The first-order valence-electron chi connectivity index (χ1n) is 8.14. The highest BCUT2D eigenvalue weighted by Crippen LogP contribution is 2.24. The number of rotatable bonds is 3. The largest absolute Gasteiger partial charge is 0.356 e. The molecular formula is C18H18BrN5. The van der Waals surface area contributed by atoms with Crippen molar-refractivity contribution in [1.82, 2.24) is 15.0 Å². The molecule has 2 aromatic heterocycles. The van der Waals surface area contributed by atoms with Crippen LogP contribution in [0.2, 0.25) is 0 Å². The van der Waals surface area contributed by atoms with Crippen LogP contribution in [0.25, 0.3) is 10.9 Å². The van der Waals surface area contributed by atoms with Crippen molar-refractivity contribution < 1.29 is 0 Å². The van der Waals surface area contributed by atoms with Gasteiger partial charge < -0.3 is 10.2 Å². The number of benzene rings is 1. The zero-order valence-corrected chi connectivity index (χ0v) is 14.8. The van der Waals surface area contributed by atoms with Crippen LogP contribution in [0.3, 0.4) is 0 Å². The van der Waals surface area contributed by atoms with Crippen molar-refractivity contribution in [1.29, 1.82) is 0 Å². The lowest BCUT2D eigenvalue weighted by molar-refractivity contribution is 0.521. The highest BCUT2D eigenvalue weighted by molar-refractivity contribution is 9.10. The third-order valence-corrected chi connectivity index (χ3v) is 4.96. The number of aromatic nitrogens is 3. The van der Waals surface area contributed by atoms with Crippen LogP contribution in [0.4, 0.5) is 11.8 Å². The van der Waals surface area contributed by atoms with E-state index >= 15 is 0 Å². The molecule has 1 fully saturated rings. The third kappa shape index (κ3) is 3.19. The smallest absolute Gasteiger partial charge is 0.224 e. The molecule has 0 bridgehead atoms. The van der Waals surface area contributed by atoms with E-state index in [0.717, 1.165) is 47.3 Å². The summed E-state index contributed by atoms with van der Waals surface area (Å²) in [7, 11) is 0. The standard InChI is InChI=1S/C18H18BrN5/c19-17-14-5-1-2-6-15(14)22-18(23-17)21-13-8-11-24(12-9-13)16-7-3-4-10-20-16/h1-7,10,13H,8-9,11-12H2,(H,21,22,23). The molecule has 3 aromatic rings. The number of hydrogen-bond donors (Lipinski definition) is 1. The second-order valence-electron chi connectivity index (χ2n) is 5.95. The van der Waals surface area contributed by atoms with E-state index < -0.39 is 0 Å². The van der Waals surface area contributed by atoms with Gasteiger partial charge in [-0.15, -0.1) is 0 Å². The Kier molecular flexibility index (Phi) is 4.30. The summed E-state index contributed by atoms with van der Waals surface area (Å²) in [5, 5.41) is 4.52. The Morgan fingerprint density at radius 3 is 2.58 bits per heavy atom. The predicted molar refractivity (Wildman–Crippen MR) is 100 cm³/mol. The Morgan fingerprint density at radius 1 is 1.00 bits per heavy atom. The first-order chi connectivity index (χ1) is 11.8. The number of pyridine rings is 1. The number of halogens is 1. The Balaban J connectivity index is 1.44. The average Bonchev–Trinajstić information content (AvgIpc) is 2.63. The van der Waals surface area contributed by atoms with E-state index in [9.17, 15) is 0 Å². The molecule has 1 saturated heterocycles. The SMILES string of the molecule is Brc1nc(NC2CCN(c3ccccn3)CC2)nc2ccccc12. The molecule has 1 aliphatic rings. The fraction of sp³-hybridized carbons (Fsp3) is 0.278. The lowest BCUT2D eigenvalue weighted by Crippen LogP contribution is -2.39. The van der Waals surface area contributed by atoms with Crippen LogP contribution in [0, 0.1) is 0 Å². The van der Waals surface area contributed by atoms with E-state index in [-0.39, 0.29) is 0 Å². The molecule has 1 aromatic carbocycles. The molecule has 3 heterocycles. The van der Waals surface area contributed by atoms with E-state index in [0.29, 0.717) is 12.0 Å². The molecule has 1 aliphatic heterocycles. The lowest BCUT2D eigenvalue weighted by Gasteiger charge is -2.33.